The van der Waals surface area contributed by atoms with Gasteiger partial charge >= 0.3 is 0 Å². The summed E-state index contributed by atoms with van der Waals surface area (Å²) in [6.07, 6.45) is 0.791. The molecule has 4 nitrogen and oxygen atoms in total. The van der Waals surface area contributed by atoms with E-state index in [1.807, 2.05) is 0 Å². The number of halogens is 1. The average Bonchev–Trinajstić information content (AvgIpc) is 2.36. The second-order valence-electron chi connectivity index (χ2n) is 3.87. The fourth-order valence-electron chi connectivity index (χ4n) is 1.46. The van der Waals surface area contributed by atoms with E-state index in [0.29, 0.717) is 31.9 Å². The molecule has 0 saturated heterocycles. The Hall–Kier alpha value is -1.46. The molecule has 1 rings (SSSR count). The largest absolute Gasteiger partial charge is 0.380 e. The van der Waals surface area contributed by atoms with E-state index in [2.05, 4.69) is 5.32 Å². The van der Waals surface area contributed by atoms with E-state index in [-0.39, 0.29) is 18.1 Å². The van der Waals surface area contributed by atoms with Crippen molar-refractivity contribution in [2.45, 2.75) is 12.8 Å². The van der Waals surface area contributed by atoms with Crippen molar-refractivity contribution in [3.8, 4) is 0 Å². The number of benzene rings is 1. The van der Waals surface area contributed by atoms with Gasteiger partial charge in [-0.25, -0.2) is 4.39 Å². The Kier molecular flexibility index (Phi) is 6.98. The van der Waals surface area contributed by atoms with Gasteiger partial charge in [-0.3, -0.25) is 4.79 Å². The van der Waals surface area contributed by atoms with Gasteiger partial charge in [0.1, 0.15) is 5.82 Å². The molecule has 18 heavy (non-hydrogen) atoms. The van der Waals surface area contributed by atoms with Crippen LogP contribution < -0.4 is 11.1 Å². The van der Waals surface area contributed by atoms with Gasteiger partial charge in [0.25, 0.3) is 0 Å². The molecule has 0 bridgehead atoms. The zero-order valence-corrected chi connectivity index (χ0v) is 10.3. The van der Waals surface area contributed by atoms with Gasteiger partial charge in [0.2, 0.25) is 5.91 Å². The summed E-state index contributed by atoms with van der Waals surface area (Å²) in [5.74, 6) is -0.530. The van der Waals surface area contributed by atoms with E-state index in [1.165, 1.54) is 6.07 Å². The Morgan fingerprint density at radius 2 is 2.11 bits per heavy atom. The lowest BCUT2D eigenvalue weighted by Gasteiger charge is -2.06. The Labute approximate surface area is 106 Å². The number of carbonyl (C=O) groups is 1. The highest BCUT2D eigenvalue weighted by Crippen LogP contribution is 2.06. The molecule has 0 aromatic heterocycles. The minimum absolute atomic E-state index is 0.0658. The van der Waals surface area contributed by atoms with Gasteiger partial charge in [0, 0.05) is 19.7 Å². The maximum absolute atomic E-state index is 13.3. The van der Waals surface area contributed by atoms with Crippen LogP contribution in [0.15, 0.2) is 24.3 Å². The van der Waals surface area contributed by atoms with Crippen molar-refractivity contribution in [2.75, 3.05) is 26.3 Å². The Balaban J connectivity index is 2.16. The van der Waals surface area contributed by atoms with Gasteiger partial charge in [-0.1, -0.05) is 18.2 Å². The van der Waals surface area contributed by atoms with Gasteiger partial charge in [-0.2, -0.15) is 0 Å². The summed E-state index contributed by atoms with van der Waals surface area (Å²) in [7, 11) is 0. The number of ether oxygens (including phenoxy) is 1. The van der Waals surface area contributed by atoms with Crippen molar-refractivity contribution in [1.29, 1.82) is 0 Å². The van der Waals surface area contributed by atoms with Crippen molar-refractivity contribution in [3.63, 3.8) is 0 Å². The maximum atomic E-state index is 13.3. The lowest BCUT2D eigenvalue weighted by Crippen LogP contribution is -2.27. The van der Waals surface area contributed by atoms with E-state index in [0.717, 1.165) is 6.42 Å². The molecule has 0 atom stereocenters. The fourth-order valence-corrected chi connectivity index (χ4v) is 1.46. The molecular formula is C13H19FN2O2. The van der Waals surface area contributed by atoms with E-state index >= 15 is 0 Å². The summed E-state index contributed by atoms with van der Waals surface area (Å²) in [5, 5.41) is 2.72. The number of amides is 1. The maximum Gasteiger partial charge on any atom is 0.224 e. The summed E-state index contributed by atoms with van der Waals surface area (Å²) in [4.78, 5) is 11.5. The van der Waals surface area contributed by atoms with Crippen LogP contribution in [0.1, 0.15) is 12.0 Å². The van der Waals surface area contributed by atoms with Crippen molar-refractivity contribution in [2.24, 2.45) is 5.73 Å². The van der Waals surface area contributed by atoms with Crippen molar-refractivity contribution in [1.82, 2.24) is 5.32 Å². The van der Waals surface area contributed by atoms with E-state index in [4.69, 9.17) is 10.5 Å². The molecule has 0 radical (unpaired) electrons. The first kappa shape index (κ1) is 14.6. The van der Waals surface area contributed by atoms with E-state index in [1.54, 1.807) is 18.2 Å². The molecule has 0 aliphatic heterocycles. The first-order valence-corrected chi connectivity index (χ1v) is 6.02. The van der Waals surface area contributed by atoms with E-state index < -0.39 is 0 Å². The molecule has 100 valence electrons. The number of nitrogens with two attached hydrogens (primary N) is 1. The molecule has 0 heterocycles. The van der Waals surface area contributed by atoms with Crippen molar-refractivity contribution < 1.29 is 13.9 Å². The first-order valence-electron chi connectivity index (χ1n) is 6.02. The van der Waals surface area contributed by atoms with E-state index in [9.17, 15) is 9.18 Å². The number of carbonyl (C=O) groups excluding carboxylic acids is 1. The Morgan fingerprint density at radius 3 is 2.83 bits per heavy atom. The molecule has 1 amide bonds. The third-order valence-electron chi connectivity index (χ3n) is 2.36. The number of hydrogen-bond donors (Lipinski definition) is 2. The normalized spacial score (nSPS) is 10.3. The summed E-state index contributed by atoms with van der Waals surface area (Å²) < 4.78 is 18.4. The molecule has 1 aromatic rings. The van der Waals surface area contributed by atoms with Gasteiger partial charge in [-0.05, 0) is 18.1 Å². The topological polar surface area (TPSA) is 64.3 Å². The Bertz CT molecular complexity index is 372. The third-order valence-corrected chi connectivity index (χ3v) is 2.36. The van der Waals surface area contributed by atoms with Crippen LogP contribution in [-0.4, -0.2) is 32.2 Å². The Morgan fingerprint density at radius 1 is 1.33 bits per heavy atom. The summed E-state index contributed by atoms with van der Waals surface area (Å²) >= 11 is 0. The molecule has 0 saturated carbocycles. The van der Waals surface area contributed by atoms with Crippen LogP contribution in [0.5, 0.6) is 0 Å². The quantitative estimate of drug-likeness (QED) is 0.676. The van der Waals surface area contributed by atoms with Crippen LogP contribution >= 0.6 is 0 Å². The molecule has 0 spiro atoms. The fraction of sp³-hybridized carbons (Fsp3) is 0.462. The molecule has 5 heteroatoms. The lowest BCUT2D eigenvalue weighted by atomic mass is 10.1. The molecule has 0 unspecified atom stereocenters. The minimum atomic E-state index is -0.348. The second-order valence-corrected chi connectivity index (χ2v) is 3.87. The number of hydrogen-bond acceptors (Lipinski definition) is 3. The zero-order valence-electron chi connectivity index (χ0n) is 10.3. The summed E-state index contributed by atoms with van der Waals surface area (Å²) in [6.45, 7) is 2.12. The van der Waals surface area contributed by atoms with Crippen LogP contribution in [0.4, 0.5) is 4.39 Å². The van der Waals surface area contributed by atoms with Crippen LogP contribution in [0.2, 0.25) is 0 Å². The molecule has 1 aromatic carbocycles. The monoisotopic (exact) mass is 254 g/mol. The predicted molar refractivity (Wildman–Crippen MR) is 67.6 cm³/mol. The van der Waals surface area contributed by atoms with Crippen LogP contribution in [0.3, 0.4) is 0 Å². The third kappa shape index (κ3) is 5.75. The second kappa shape index (κ2) is 8.60. The minimum Gasteiger partial charge on any atom is -0.380 e. The van der Waals surface area contributed by atoms with Crippen LogP contribution in [0.25, 0.3) is 0 Å². The predicted octanol–water partition coefficient (Wildman–Crippen LogP) is 0.850. The van der Waals surface area contributed by atoms with Crippen LogP contribution in [0, 0.1) is 5.82 Å². The van der Waals surface area contributed by atoms with Gasteiger partial charge in [-0.15, -0.1) is 0 Å². The zero-order chi connectivity index (χ0) is 13.2. The van der Waals surface area contributed by atoms with Gasteiger partial charge in [0.15, 0.2) is 0 Å². The van der Waals surface area contributed by atoms with Crippen LogP contribution in [-0.2, 0) is 16.0 Å². The highest BCUT2D eigenvalue weighted by molar-refractivity contribution is 5.78. The SMILES string of the molecule is NCCOCCCNC(=O)Cc1ccccc1F. The molecule has 3 N–H and O–H groups in total. The summed E-state index contributed by atoms with van der Waals surface area (Å²) in [5.41, 5.74) is 5.67. The highest BCUT2D eigenvalue weighted by atomic mass is 19.1. The average molecular weight is 254 g/mol. The molecule has 0 aliphatic carbocycles. The lowest BCUT2D eigenvalue weighted by molar-refractivity contribution is -0.120. The van der Waals surface area contributed by atoms with Crippen molar-refractivity contribution >= 4 is 5.91 Å². The smallest absolute Gasteiger partial charge is 0.224 e. The summed E-state index contributed by atoms with van der Waals surface area (Å²) in [6, 6.07) is 6.28. The van der Waals surface area contributed by atoms with Gasteiger partial charge < -0.3 is 15.8 Å². The first-order chi connectivity index (χ1) is 8.74. The number of rotatable bonds is 8. The highest BCUT2D eigenvalue weighted by Gasteiger charge is 2.06. The molecule has 0 aliphatic rings. The standard InChI is InChI=1S/C13H19FN2O2/c14-12-5-2-1-4-11(12)10-13(17)16-7-3-8-18-9-6-15/h1-2,4-5H,3,6-10,15H2,(H,16,17). The molecular weight excluding hydrogens is 235 g/mol. The molecule has 0 fully saturated rings. The van der Waals surface area contributed by atoms with Gasteiger partial charge in [0.05, 0.1) is 13.0 Å². The van der Waals surface area contributed by atoms with Crippen molar-refractivity contribution in [3.05, 3.63) is 35.6 Å². The number of nitrogens with one attached hydrogen (secondary N) is 1.